The zero-order chi connectivity index (χ0) is 16.5. The number of ketones is 1. The molecule has 0 aliphatic heterocycles. The fourth-order valence-corrected chi connectivity index (χ4v) is 3.01. The molecule has 0 aromatic heterocycles. The number of rotatable bonds is 8. The Bertz CT molecular complexity index is 432. The minimum Gasteiger partial charge on any atom is -0.463 e. The first-order valence-electron chi connectivity index (χ1n) is 8.45. The molecule has 0 radical (unpaired) electrons. The van der Waals surface area contributed by atoms with Crippen molar-refractivity contribution in [3.05, 3.63) is 23.8 Å². The highest BCUT2D eigenvalue weighted by Crippen LogP contribution is 2.36. The average molecular weight is 306 g/mol. The van der Waals surface area contributed by atoms with E-state index in [-0.39, 0.29) is 18.0 Å². The van der Waals surface area contributed by atoms with Crippen LogP contribution in [0.15, 0.2) is 23.8 Å². The number of esters is 1. The molecule has 0 aromatic rings. The summed E-state index contributed by atoms with van der Waals surface area (Å²) in [7, 11) is 0. The van der Waals surface area contributed by atoms with Crippen molar-refractivity contribution in [3.63, 3.8) is 0 Å². The van der Waals surface area contributed by atoms with Gasteiger partial charge >= 0.3 is 5.97 Å². The fraction of sp³-hybridized carbons (Fsp3) is 0.684. The third kappa shape index (κ3) is 6.17. The van der Waals surface area contributed by atoms with Crippen LogP contribution in [0.5, 0.6) is 0 Å². The van der Waals surface area contributed by atoms with Crippen LogP contribution in [0.1, 0.15) is 66.2 Å². The lowest BCUT2D eigenvalue weighted by molar-refractivity contribution is -0.147. The molecule has 0 unspecified atom stereocenters. The van der Waals surface area contributed by atoms with Crippen LogP contribution in [0.25, 0.3) is 0 Å². The van der Waals surface area contributed by atoms with Crippen LogP contribution < -0.4 is 0 Å². The summed E-state index contributed by atoms with van der Waals surface area (Å²) in [6, 6.07) is 0. The number of carbonyl (C=O) groups is 2. The number of carbonyl (C=O) groups excluding carboxylic acids is 2. The molecule has 0 N–H and O–H groups in total. The fourth-order valence-electron chi connectivity index (χ4n) is 3.01. The van der Waals surface area contributed by atoms with Gasteiger partial charge in [-0.2, -0.15) is 0 Å². The van der Waals surface area contributed by atoms with E-state index in [9.17, 15) is 9.59 Å². The Balaban J connectivity index is 2.30. The van der Waals surface area contributed by atoms with Crippen molar-refractivity contribution >= 4 is 11.8 Å². The normalized spacial score (nSPS) is 22.8. The maximum absolute atomic E-state index is 12.0. The van der Waals surface area contributed by atoms with Crippen LogP contribution in [0.4, 0.5) is 0 Å². The maximum atomic E-state index is 12.0. The zero-order valence-corrected chi connectivity index (χ0v) is 14.4. The summed E-state index contributed by atoms with van der Waals surface area (Å²) in [5, 5.41) is 0. The number of unbranched alkanes of at least 4 members (excludes halogenated alkanes) is 1. The molecule has 3 heteroatoms. The smallest absolute Gasteiger partial charge is 0.306 e. The van der Waals surface area contributed by atoms with Crippen LogP contribution in [-0.4, -0.2) is 17.9 Å². The summed E-state index contributed by atoms with van der Waals surface area (Å²) in [6.45, 7) is 7.89. The van der Waals surface area contributed by atoms with Crippen molar-refractivity contribution in [2.75, 3.05) is 0 Å². The van der Waals surface area contributed by atoms with Gasteiger partial charge in [0.25, 0.3) is 0 Å². The van der Waals surface area contributed by atoms with Gasteiger partial charge in [0.05, 0.1) is 6.10 Å². The predicted octanol–water partition coefficient (Wildman–Crippen LogP) is 4.62. The monoisotopic (exact) mass is 306 g/mol. The number of allylic oxidation sites excluding steroid dienone is 4. The van der Waals surface area contributed by atoms with Gasteiger partial charge < -0.3 is 4.74 Å². The molecule has 2 atom stereocenters. The van der Waals surface area contributed by atoms with Crippen molar-refractivity contribution in [1.82, 2.24) is 0 Å². The van der Waals surface area contributed by atoms with Crippen molar-refractivity contribution in [3.8, 4) is 0 Å². The van der Waals surface area contributed by atoms with Gasteiger partial charge in [0, 0.05) is 18.8 Å². The Kier molecular flexibility index (Phi) is 8.15. The summed E-state index contributed by atoms with van der Waals surface area (Å²) in [5.74, 6) is 0.844. The third-order valence-corrected chi connectivity index (χ3v) is 4.32. The van der Waals surface area contributed by atoms with Crippen LogP contribution >= 0.6 is 0 Å². The van der Waals surface area contributed by atoms with E-state index < -0.39 is 0 Å². The van der Waals surface area contributed by atoms with Gasteiger partial charge in [-0.15, -0.1) is 0 Å². The molecule has 3 nitrogen and oxygen atoms in total. The second-order valence-electron chi connectivity index (χ2n) is 6.39. The first-order chi connectivity index (χ1) is 10.5. The number of ether oxygens (including phenoxy) is 1. The van der Waals surface area contributed by atoms with Gasteiger partial charge in [0.15, 0.2) is 0 Å². The molecule has 0 aromatic carbocycles. The van der Waals surface area contributed by atoms with Crippen molar-refractivity contribution in [2.24, 2.45) is 11.8 Å². The number of hydrogen-bond acceptors (Lipinski definition) is 3. The van der Waals surface area contributed by atoms with E-state index >= 15 is 0 Å². The largest absolute Gasteiger partial charge is 0.463 e. The number of Topliss-reactive ketones (excluding diaryl/α,β-unsaturated/α-hetero) is 1. The van der Waals surface area contributed by atoms with Gasteiger partial charge in [0.1, 0.15) is 5.78 Å². The lowest BCUT2D eigenvalue weighted by atomic mass is 9.86. The van der Waals surface area contributed by atoms with E-state index in [2.05, 4.69) is 25.2 Å². The molecule has 1 saturated carbocycles. The standard InChI is InChI=1S/C19H30O3/c1-5-15(4)16-12-13-18(20)17(16)10-8-6-7-9-11-19(21)22-14(2)3/h5-6,8,14,16-17H,7,9-13H2,1-4H3/b8-6-,15-5+/t16-,17-/m1/s1. The lowest BCUT2D eigenvalue weighted by Gasteiger charge is -2.17. The van der Waals surface area contributed by atoms with E-state index in [0.29, 0.717) is 18.1 Å². The molecule has 0 amide bonds. The first kappa shape index (κ1) is 18.7. The van der Waals surface area contributed by atoms with E-state index in [4.69, 9.17) is 4.74 Å². The second-order valence-corrected chi connectivity index (χ2v) is 6.39. The Morgan fingerprint density at radius 1 is 1.36 bits per heavy atom. The molecule has 0 heterocycles. The highest BCUT2D eigenvalue weighted by atomic mass is 16.5. The highest BCUT2D eigenvalue weighted by Gasteiger charge is 2.34. The minimum atomic E-state index is -0.127. The molecule has 124 valence electrons. The quantitative estimate of drug-likeness (QED) is 0.373. The van der Waals surface area contributed by atoms with Crippen LogP contribution in [0.3, 0.4) is 0 Å². The summed E-state index contributed by atoms with van der Waals surface area (Å²) in [5.41, 5.74) is 1.33. The second kappa shape index (κ2) is 9.60. The van der Waals surface area contributed by atoms with Crippen molar-refractivity contribution in [2.45, 2.75) is 72.3 Å². The van der Waals surface area contributed by atoms with Crippen LogP contribution in [0, 0.1) is 11.8 Å². The Morgan fingerprint density at radius 2 is 2.09 bits per heavy atom. The molecule has 1 fully saturated rings. The molecule has 1 aliphatic rings. The van der Waals surface area contributed by atoms with E-state index in [1.165, 1.54) is 5.57 Å². The topological polar surface area (TPSA) is 43.4 Å². The minimum absolute atomic E-state index is 0.0387. The zero-order valence-electron chi connectivity index (χ0n) is 14.4. The summed E-state index contributed by atoms with van der Waals surface area (Å²) in [6.07, 6.45) is 11.0. The summed E-state index contributed by atoms with van der Waals surface area (Å²) in [4.78, 5) is 23.4. The molecule has 0 bridgehead atoms. The van der Waals surface area contributed by atoms with Gasteiger partial charge in [-0.3, -0.25) is 9.59 Å². The van der Waals surface area contributed by atoms with Crippen molar-refractivity contribution < 1.29 is 14.3 Å². The van der Waals surface area contributed by atoms with Gasteiger partial charge in [-0.1, -0.05) is 23.8 Å². The molecule has 22 heavy (non-hydrogen) atoms. The average Bonchev–Trinajstić information content (AvgIpc) is 2.82. The first-order valence-corrected chi connectivity index (χ1v) is 8.45. The van der Waals surface area contributed by atoms with Crippen LogP contribution in [0.2, 0.25) is 0 Å². The van der Waals surface area contributed by atoms with Crippen LogP contribution in [-0.2, 0) is 14.3 Å². The summed E-state index contributed by atoms with van der Waals surface area (Å²) < 4.78 is 5.09. The van der Waals surface area contributed by atoms with E-state index in [1.54, 1.807) is 0 Å². The molecule has 1 rings (SSSR count). The lowest BCUT2D eigenvalue weighted by Crippen LogP contribution is -2.14. The molecule has 0 saturated heterocycles. The third-order valence-electron chi connectivity index (χ3n) is 4.32. The Labute approximate surface area is 134 Å². The molecular formula is C19H30O3. The Hall–Kier alpha value is -1.38. The predicted molar refractivity (Wildman–Crippen MR) is 89.5 cm³/mol. The van der Waals surface area contributed by atoms with Crippen molar-refractivity contribution in [1.29, 1.82) is 0 Å². The maximum Gasteiger partial charge on any atom is 0.306 e. The van der Waals surface area contributed by atoms with Gasteiger partial charge in [-0.25, -0.2) is 0 Å². The summed E-state index contributed by atoms with van der Waals surface area (Å²) >= 11 is 0. The van der Waals surface area contributed by atoms with E-state index in [1.807, 2.05) is 20.8 Å². The van der Waals surface area contributed by atoms with E-state index in [0.717, 1.165) is 32.1 Å². The highest BCUT2D eigenvalue weighted by molar-refractivity contribution is 5.84. The molecule has 1 aliphatic carbocycles. The number of hydrogen-bond donors (Lipinski definition) is 0. The molecular weight excluding hydrogens is 276 g/mol. The Morgan fingerprint density at radius 3 is 2.73 bits per heavy atom. The van der Waals surface area contributed by atoms with Gasteiger partial charge in [0.2, 0.25) is 0 Å². The SMILES string of the molecule is C/C=C(\C)[C@H]1CCC(=O)[C@@H]1C/C=C\CCCC(=O)OC(C)C. The molecule has 0 spiro atoms. The van der Waals surface area contributed by atoms with Gasteiger partial charge in [-0.05, 0) is 59.3 Å².